The maximum Gasteiger partial charge on any atom is 0.472 e. The molecule has 0 radical (unpaired) electrons. The van der Waals surface area contributed by atoms with Crippen LogP contribution in [-0.4, -0.2) is 75.6 Å². The van der Waals surface area contributed by atoms with Gasteiger partial charge in [0.25, 0.3) is 0 Å². The molecule has 9 heteroatoms. The number of phosphoric acid groups is 1. The number of carbonyl (C=O) groups is 1. The molecule has 8 nitrogen and oxygen atoms in total. The number of quaternary nitrogens is 1. The van der Waals surface area contributed by atoms with E-state index < -0.39 is 13.9 Å². The third kappa shape index (κ3) is 48.6. The molecule has 0 aromatic rings. The Labute approximate surface area is 375 Å². The van der Waals surface area contributed by atoms with Crippen molar-refractivity contribution in [2.45, 2.75) is 187 Å². The number of phosphoric ester groups is 1. The SMILES string of the molecule is CC/C=C\C/C=C\C/C=C\C/C=C\CCCCCCCCCCCCCCC(=O)OC(COCCCCCC/C=C\C/C=C\C/C=C\CC)COP(=O)(O)OCC[N+](C)(C)C. The molecule has 2 unspecified atom stereocenters. The van der Waals surface area contributed by atoms with Gasteiger partial charge >= 0.3 is 13.8 Å². The highest BCUT2D eigenvalue weighted by Gasteiger charge is 2.26. The second-order valence-electron chi connectivity index (χ2n) is 17.1. The first-order valence-corrected chi connectivity index (χ1v) is 25.8. The summed E-state index contributed by atoms with van der Waals surface area (Å²) < 4.78 is 35.0. The molecule has 352 valence electrons. The minimum Gasteiger partial charge on any atom is -0.457 e. The van der Waals surface area contributed by atoms with Crippen LogP contribution in [0.2, 0.25) is 0 Å². The first kappa shape index (κ1) is 58.7. The Morgan fingerprint density at radius 1 is 0.508 bits per heavy atom. The van der Waals surface area contributed by atoms with Crippen LogP contribution in [0.25, 0.3) is 0 Å². The second-order valence-corrected chi connectivity index (χ2v) is 18.5. The third-order valence-corrected chi connectivity index (χ3v) is 10.9. The molecule has 0 saturated heterocycles. The van der Waals surface area contributed by atoms with Gasteiger partial charge in [0.05, 0.1) is 34.4 Å². The lowest BCUT2D eigenvalue weighted by Crippen LogP contribution is -2.37. The number of ether oxygens (including phenoxy) is 2. The number of esters is 1. The monoisotopic (exact) mass is 875 g/mol. The van der Waals surface area contributed by atoms with Gasteiger partial charge in [-0.15, -0.1) is 0 Å². The van der Waals surface area contributed by atoms with Crippen molar-refractivity contribution in [2.75, 3.05) is 54.1 Å². The van der Waals surface area contributed by atoms with Crippen LogP contribution in [0, 0.1) is 0 Å². The Morgan fingerprint density at radius 3 is 1.34 bits per heavy atom. The lowest BCUT2D eigenvalue weighted by molar-refractivity contribution is -0.870. The van der Waals surface area contributed by atoms with Crippen molar-refractivity contribution in [2.24, 2.45) is 0 Å². The van der Waals surface area contributed by atoms with Crippen LogP contribution in [0.5, 0.6) is 0 Å². The van der Waals surface area contributed by atoms with Crippen molar-refractivity contribution in [3.8, 4) is 0 Å². The summed E-state index contributed by atoms with van der Waals surface area (Å²) in [5.74, 6) is -0.328. The molecule has 0 fully saturated rings. The Morgan fingerprint density at radius 2 is 0.902 bits per heavy atom. The molecule has 0 amide bonds. The number of carbonyl (C=O) groups excluding carboxylic acids is 1. The van der Waals surface area contributed by atoms with Gasteiger partial charge in [0.2, 0.25) is 0 Å². The predicted molar refractivity (Wildman–Crippen MR) is 261 cm³/mol. The van der Waals surface area contributed by atoms with E-state index in [1.165, 1.54) is 64.2 Å². The first-order chi connectivity index (χ1) is 29.6. The molecule has 0 bridgehead atoms. The third-order valence-electron chi connectivity index (χ3n) is 9.95. The molecule has 61 heavy (non-hydrogen) atoms. The maximum absolute atomic E-state index is 12.7. The van der Waals surface area contributed by atoms with Crippen molar-refractivity contribution in [1.82, 2.24) is 0 Å². The summed E-state index contributed by atoms with van der Waals surface area (Å²) in [6.07, 6.45) is 59.2. The number of hydrogen-bond donors (Lipinski definition) is 1. The number of nitrogens with zero attached hydrogens (tertiary/aromatic N) is 1. The fourth-order valence-corrected chi connectivity index (χ4v) is 7.01. The van der Waals surface area contributed by atoms with E-state index in [-0.39, 0.29) is 25.8 Å². The summed E-state index contributed by atoms with van der Waals surface area (Å²) in [7, 11) is 1.64. The molecule has 0 saturated carbocycles. The van der Waals surface area contributed by atoms with Crippen LogP contribution in [-0.2, 0) is 27.9 Å². The zero-order chi connectivity index (χ0) is 44.8. The normalized spacial score (nSPS) is 14.4. The van der Waals surface area contributed by atoms with E-state index in [0.29, 0.717) is 24.1 Å². The van der Waals surface area contributed by atoms with Gasteiger partial charge in [-0.25, -0.2) is 4.57 Å². The number of rotatable bonds is 44. The molecule has 0 aromatic heterocycles. The first-order valence-electron chi connectivity index (χ1n) is 24.3. The molecule has 0 aromatic carbocycles. The van der Waals surface area contributed by atoms with Crippen molar-refractivity contribution in [1.29, 1.82) is 0 Å². The fraction of sp³-hybridized carbons (Fsp3) is 0.712. The molecular weight excluding hydrogens is 782 g/mol. The summed E-state index contributed by atoms with van der Waals surface area (Å²) in [5.41, 5.74) is 0. The Balaban J connectivity index is 4.15. The van der Waals surface area contributed by atoms with Crippen LogP contribution < -0.4 is 0 Å². The van der Waals surface area contributed by atoms with Crippen LogP contribution in [0.4, 0.5) is 0 Å². The highest BCUT2D eigenvalue weighted by molar-refractivity contribution is 7.47. The standard InChI is InChI=1S/C52H92NO7P/c1-6-8-10-12-14-16-18-20-22-23-24-25-26-27-28-29-30-31-32-33-35-37-39-41-43-45-52(54)60-51(50-59-61(55,56)58-48-46-53(3,4)5)49-57-47-44-42-40-38-36-34-21-19-17-15-13-11-9-7-2/h8-11,14-17,20-22,24-25,34,51H,6-7,12-13,18-19,23,26-33,35-50H2,1-5H3/p+1/b10-8-,11-9-,16-14-,17-15-,22-20-,25-24-,34-21-. The Hall–Kier alpha value is -2.32. The van der Waals surface area contributed by atoms with Crippen molar-refractivity contribution < 1.29 is 37.3 Å². The Kier molecular flexibility index (Phi) is 42.6. The van der Waals surface area contributed by atoms with Gasteiger partial charge < -0.3 is 18.9 Å². The van der Waals surface area contributed by atoms with Crippen molar-refractivity contribution in [3.05, 3.63) is 85.1 Å². The molecule has 0 aliphatic carbocycles. The van der Waals surface area contributed by atoms with Gasteiger partial charge in [0, 0.05) is 13.0 Å². The average Bonchev–Trinajstić information content (AvgIpc) is 3.22. The minimum atomic E-state index is -4.29. The van der Waals surface area contributed by atoms with Crippen molar-refractivity contribution in [3.63, 3.8) is 0 Å². The number of unbranched alkanes of at least 4 members (excludes halogenated alkanes) is 16. The molecule has 0 rings (SSSR count). The van der Waals surface area contributed by atoms with Gasteiger partial charge in [-0.2, -0.15) is 0 Å². The van der Waals surface area contributed by atoms with E-state index in [1.807, 2.05) is 21.1 Å². The van der Waals surface area contributed by atoms with Gasteiger partial charge in [-0.1, -0.05) is 176 Å². The molecular formula is C52H93NO7P+. The van der Waals surface area contributed by atoms with Crippen molar-refractivity contribution >= 4 is 13.8 Å². The Bertz CT molecular complexity index is 1250. The summed E-state index contributed by atoms with van der Waals surface area (Å²) in [5, 5.41) is 0. The van der Waals surface area contributed by atoms with E-state index in [1.54, 1.807) is 0 Å². The largest absolute Gasteiger partial charge is 0.472 e. The molecule has 0 aliphatic heterocycles. The fourth-order valence-electron chi connectivity index (χ4n) is 6.26. The van der Waals surface area contributed by atoms with E-state index in [2.05, 4.69) is 98.9 Å². The number of likely N-dealkylation sites (N-methyl/N-ethyl adjacent to an activating group) is 1. The number of hydrogen-bond acceptors (Lipinski definition) is 6. The maximum atomic E-state index is 12.7. The van der Waals surface area contributed by atoms with E-state index in [4.69, 9.17) is 18.5 Å². The van der Waals surface area contributed by atoms with Gasteiger partial charge in [0.15, 0.2) is 0 Å². The van der Waals surface area contributed by atoms with E-state index >= 15 is 0 Å². The van der Waals surface area contributed by atoms with Gasteiger partial charge in [0.1, 0.15) is 19.3 Å². The molecule has 1 N–H and O–H groups in total. The molecule has 0 heterocycles. The molecule has 2 atom stereocenters. The van der Waals surface area contributed by atoms with Gasteiger partial charge in [-0.05, 0) is 83.5 Å². The summed E-state index contributed by atoms with van der Waals surface area (Å²) in [6, 6.07) is 0. The highest BCUT2D eigenvalue weighted by Crippen LogP contribution is 2.43. The lowest BCUT2D eigenvalue weighted by atomic mass is 10.0. The predicted octanol–water partition coefficient (Wildman–Crippen LogP) is 14.8. The second kappa shape index (κ2) is 44.3. The van der Waals surface area contributed by atoms with Gasteiger partial charge in [-0.3, -0.25) is 13.8 Å². The van der Waals surface area contributed by atoms with Crippen LogP contribution in [0.15, 0.2) is 85.1 Å². The van der Waals surface area contributed by atoms with Crippen LogP contribution in [0.3, 0.4) is 0 Å². The molecule has 0 spiro atoms. The average molecular weight is 875 g/mol. The summed E-state index contributed by atoms with van der Waals surface area (Å²) in [4.78, 5) is 23.0. The minimum absolute atomic E-state index is 0.0796. The highest BCUT2D eigenvalue weighted by atomic mass is 31.2. The molecule has 0 aliphatic rings. The summed E-state index contributed by atoms with van der Waals surface area (Å²) in [6.45, 7) is 5.33. The van der Waals surface area contributed by atoms with E-state index in [9.17, 15) is 14.3 Å². The smallest absolute Gasteiger partial charge is 0.457 e. The summed E-state index contributed by atoms with van der Waals surface area (Å²) >= 11 is 0. The quantitative estimate of drug-likeness (QED) is 0.0214. The van der Waals surface area contributed by atoms with Crippen LogP contribution >= 0.6 is 7.82 Å². The number of allylic oxidation sites excluding steroid dienone is 14. The zero-order valence-corrected chi connectivity index (χ0v) is 40.8. The topological polar surface area (TPSA) is 91.3 Å². The van der Waals surface area contributed by atoms with Crippen LogP contribution in [0.1, 0.15) is 181 Å². The lowest BCUT2D eigenvalue weighted by Gasteiger charge is -2.24. The zero-order valence-electron chi connectivity index (χ0n) is 39.9. The van der Waals surface area contributed by atoms with E-state index in [0.717, 1.165) is 96.3 Å².